The first-order valence-corrected chi connectivity index (χ1v) is 8.70. The van der Waals surface area contributed by atoms with Crippen LogP contribution in [0.4, 0.5) is 0 Å². The van der Waals surface area contributed by atoms with E-state index in [4.69, 9.17) is 11.6 Å². The van der Waals surface area contributed by atoms with Crippen LogP contribution in [-0.2, 0) is 0 Å². The third kappa shape index (κ3) is 4.62. The van der Waals surface area contributed by atoms with E-state index in [1.54, 1.807) is 24.3 Å². The van der Waals surface area contributed by atoms with Gasteiger partial charge in [0.15, 0.2) is 0 Å². The lowest BCUT2D eigenvalue weighted by atomic mass is 10.1. The maximum absolute atomic E-state index is 12.3. The standard InChI is InChI=1S/C18H23ClN4O3/c1-5-14(20-10-11-23(2,3)4)15-16(24)21-18(26)22(17(15)25)13-8-6-12(19)7-9-13/h6-9H,5,10-11H2,1-4H3,(H-,20,21,24,25,26)/p+1. The molecule has 0 aliphatic rings. The number of aromatic hydroxyl groups is 1. The zero-order valence-electron chi connectivity index (χ0n) is 15.4. The minimum Gasteiger partial charge on any atom is -0.493 e. The highest BCUT2D eigenvalue weighted by atomic mass is 35.5. The van der Waals surface area contributed by atoms with E-state index in [0.717, 1.165) is 15.6 Å². The number of hydrogen-bond donors (Lipinski definition) is 2. The SMILES string of the molecule is CCC(=NCC[N+](C)(C)C)c1c(O)n(-c2ccc(Cl)cc2)c(=O)[nH]c1=O. The maximum atomic E-state index is 12.3. The number of H-pyrrole nitrogens is 1. The number of nitrogens with zero attached hydrogens (tertiary/aromatic N) is 3. The first-order chi connectivity index (χ1) is 12.1. The Morgan fingerprint density at radius 1 is 1.23 bits per heavy atom. The summed E-state index contributed by atoms with van der Waals surface area (Å²) < 4.78 is 1.77. The van der Waals surface area contributed by atoms with E-state index in [1.165, 1.54) is 0 Å². The molecule has 0 amide bonds. The van der Waals surface area contributed by atoms with E-state index in [2.05, 4.69) is 9.98 Å². The summed E-state index contributed by atoms with van der Waals surface area (Å²) in [7, 11) is 6.14. The van der Waals surface area contributed by atoms with E-state index in [0.29, 0.717) is 29.4 Å². The molecule has 1 heterocycles. The number of likely N-dealkylation sites (N-methyl/N-ethyl adjacent to an activating group) is 1. The van der Waals surface area contributed by atoms with E-state index < -0.39 is 17.1 Å². The lowest BCUT2D eigenvalue weighted by molar-refractivity contribution is -0.868. The molecule has 0 unspecified atom stereocenters. The predicted molar refractivity (Wildman–Crippen MR) is 104 cm³/mol. The van der Waals surface area contributed by atoms with Gasteiger partial charge in [-0.2, -0.15) is 0 Å². The van der Waals surface area contributed by atoms with Crippen LogP contribution >= 0.6 is 11.6 Å². The Bertz CT molecular complexity index is 921. The molecule has 2 rings (SSSR count). The monoisotopic (exact) mass is 379 g/mol. The van der Waals surface area contributed by atoms with Gasteiger partial charge in [-0.15, -0.1) is 0 Å². The molecule has 0 atom stereocenters. The third-order valence-corrected chi connectivity index (χ3v) is 4.12. The van der Waals surface area contributed by atoms with Crippen molar-refractivity contribution in [1.82, 2.24) is 9.55 Å². The van der Waals surface area contributed by atoms with Crippen molar-refractivity contribution in [3.63, 3.8) is 0 Å². The second-order valence-electron chi connectivity index (χ2n) is 6.97. The highest BCUT2D eigenvalue weighted by Crippen LogP contribution is 2.19. The van der Waals surface area contributed by atoms with Gasteiger partial charge in [-0.3, -0.25) is 14.8 Å². The Labute approximate surface area is 156 Å². The Kier molecular flexibility index (Phi) is 6.05. The summed E-state index contributed by atoms with van der Waals surface area (Å²) in [6, 6.07) is 6.38. The Morgan fingerprint density at radius 2 is 1.85 bits per heavy atom. The Hall–Kier alpha value is -2.38. The van der Waals surface area contributed by atoms with Gasteiger partial charge < -0.3 is 9.59 Å². The van der Waals surface area contributed by atoms with Crippen molar-refractivity contribution in [3.8, 4) is 11.6 Å². The molecule has 0 spiro atoms. The molecular weight excluding hydrogens is 356 g/mol. The molecule has 2 N–H and O–H groups in total. The largest absolute Gasteiger partial charge is 0.493 e. The number of halogens is 1. The summed E-state index contributed by atoms with van der Waals surface area (Å²) in [6.07, 6.45) is 0.451. The molecule has 8 heteroatoms. The smallest absolute Gasteiger partial charge is 0.335 e. The van der Waals surface area contributed by atoms with Gasteiger partial charge in [-0.1, -0.05) is 18.5 Å². The van der Waals surface area contributed by atoms with Crippen molar-refractivity contribution in [3.05, 3.63) is 55.7 Å². The first-order valence-electron chi connectivity index (χ1n) is 8.32. The molecule has 0 radical (unpaired) electrons. The highest BCUT2D eigenvalue weighted by molar-refractivity contribution is 6.30. The van der Waals surface area contributed by atoms with Crippen LogP contribution in [0.25, 0.3) is 5.69 Å². The van der Waals surface area contributed by atoms with E-state index in [-0.39, 0.29) is 5.56 Å². The van der Waals surface area contributed by atoms with Crippen molar-refractivity contribution in [2.45, 2.75) is 13.3 Å². The van der Waals surface area contributed by atoms with Gasteiger partial charge in [0.2, 0.25) is 5.88 Å². The lowest BCUT2D eigenvalue weighted by Gasteiger charge is -2.22. The zero-order valence-corrected chi connectivity index (χ0v) is 16.2. The van der Waals surface area contributed by atoms with E-state index >= 15 is 0 Å². The zero-order chi connectivity index (χ0) is 19.5. The number of nitrogens with one attached hydrogen (secondary N) is 1. The molecule has 0 aliphatic heterocycles. The van der Waals surface area contributed by atoms with Gasteiger partial charge in [0, 0.05) is 5.02 Å². The van der Waals surface area contributed by atoms with Gasteiger partial charge in [-0.25, -0.2) is 9.36 Å². The maximum Gasteiger partial charge on any atom is 0.335 e. The first kappa shape index (κ1) is 19.9. The molecule has 140 valence electrons. The average Bonchev–Trinajstić information content (AvgIpc) is 2.53. The van der Waals surface area contributed by atoms with Crippen molar-refractivity contribution in [2.24, 2.45) is 4.99 Å². The van der Waals surface area contributed by atoms with Crippen LogP contribution in [0.2, 0.25) is 5.02 Å². The van der Waals surface area contributed by atoms with Crippen LogP contribution in [-0.4, -0.2) is 59.1 Å². The predicted octanol–water partition coefficient (Wildman–Crippen LogP) is 1.79. The fourth-order valence-corrected chi connectivity index (χ4v) is 2.59. The second kappa shape index (κ2) is 7.88. The van der Waals surface area contributed by atoms with E-state index in [1.807, 2.05) is 28.1 Å². The van der Waals surface area contributed by atoms with Crippen molar-refractivity contribution in [2.75, 3.05) is 34.2 Å². The van der Waals surface area contributed by atoms with Gasteiger partial charge in [0.05, 0.1) is 45.6 Å². The van der Waals surface area contributed by atoms with Gasteiger partial charge in [0.25, 0.3) is 5.56 Å². The second-order valence-corrected chi connectivity index (χ2v) is 7.40. The number of aliphatic imine (C=N–C) groups is 1. The van der Waals surface area contributed by atoms with Crippen LogP contribution in [0.3, 0.4) is 0 Å². The molecule has 0 saturated carbocycles. The molecular formula is C18H24ClN4O3+. The number of aromatic amines is 1. The fourth-order valence-electron chi connectivity index (χ4n) is 2.47. The summed E-state index contributed by atoms with van der Waals surface area (Å²) in [4.78, 5) is 31.3. The molecule has 2 aromatic rings. The summed E-state index contributed by atoms with van der Waals surface area (Å²) in [5, 5.41) is 11.2. The minimum absolute atomic E-state index is 0.0171. The molecule has 1 aromatic heterocycles. The summed E-state index contributed by atoms with van der Waals surface area (Å²) in [5.74, 6) is -0.424. The molecule has 7 nitrogen and oxygen atoms in total. The molecule has 0 bridgehead atoms. The van der Waals surface area contributed by atoms with Gasteiger partial charge in [0.1, 0.15) is 5.56 Å². The van der Waals surface area contributed by atoms with Gasteiger partial charge in [-0.05, 0) is 30.7 Å². The van der Waals surface area contributed by atoms with Crippen molar-refractivity contribution >= 4 is 17.3 Å². The van der Waals surface area contributed by atoms with Crippen LogP contribution in [0.1, 0.15) is 18.9 Å². The van der Waals surface area contributed by atoms with Crippen LogP contribution < -0.4 is 11.2 Å². The van der Waals surface area contributed by atoms with Crippen LogP contribution in [0.15, 0.2) is 38.8 Å². The number of quaternary nitrogens is 1. The quantitative estimate of drug-likeness (QED) is 0.592. The van der Waals surface area contributed by atoms with Crippen LogP contribution in [0, 0.1) is 0 Å². The number of benzene rings is 1. The van der Waals surface area contributed by atoms with E-state index in [9.17, 15) is 14.7 Å². The molecule has 26 heavy (non-hydrogen) atoms. The fraction of sp³-hybridized carbons (Fsp3) is 0.389. The van der Waals surface area contributed by atoms with Crippen LogP contribution in [0.5, 0.6) is 5.88 Å². The van der Waals surface area contributed by atoms with Gasteiger partial charge >= 0.3 is 5.69 Å². The number of rotatable bonds is 6. The minimum atomic E-state index is -0.722. The average molecular weight is 380 g/mol. The number of aromatic nitrogens is 2. The summed E-state index contributed by atoms with van der Waals surface area (Å²) in [6.45, 7) is 3.13. The molecule has 0 fully saturated rings. The number of hydrogen-bond acceptors (Lipinski definition) is 4. The van der Waals surface area contributed by atoms with Crippen molar-refractivity contribution in [1.29, 1.82) is 0 Å². The Balaban J connectivity index is 2.56. The molecule has 0 saturated heterocycles. The Morgan fingerprint density at radius 3 is 2.38 bits per heavy atom. The topological polar surface area (TPSA) is 87.4 Å². The lowest BCUT2D eigenvalue weighted by Crippen LogP contribution is -2.37. The highest BCUT2D eigenvalue weighted by Gasteiger charge is 2.19. The normalized spacial score (nSPS) is 12.4. The van der Waals surface area contributed by atoms with Crippen molar-refractivity contribution < 1.29 is 9.59 Å². The summed E-state index contributed by atoms with van der Waals surface area (Å²) in [5.41, 5.74) is -0.497. The summed E-state index contributed by atoms with van der Waals surface area (Å²) >= 11 is 5.87. The molecule has 0 aliphatic carbocycles. The molecule has 1 aromatic carbocycles. The third-order valence-electron chi connectivity index (χ3n) is 3.87.